The number of pyridine rings is 1. The summed E-state index contributed by atoms with van der Waals surface area (Å²) in [6, 6.07) is 12.5. The van der Waals surface area contributed by atoms with Gasteiger partial charge in [-0.15, -0.1) is 0 Å². The minimum Gasteiger partial charge on any atom is -0.508 e. The van der Waals surface area contributed by atoms with Gasteiger partial charge in [-0.25, -0.2) is 4.98 Å². The lowest BCUT2D eigenvalue weighted by Crippen LogP contribution is -1.79. The van der Waals surface area contributed by atoms with Gasteiger partial charge in [-0.3, -0.25) is 5.10 Å². The molecule has 1 aromatic carbocycles. The van der Waals surface area contributed by atoms with Crippen molar-refractivity contribution in [1.82, 2.24) is 15.2 Å². The van der Waals surface area contributed by atoms with Gasteiger partial charge in [0.25, 0.3) is 0 Å². The lowest BCUT2D eigenvalue weighted by molar-refractivity contribution is 0.475. The molecule has 2 aromatic heterocycles. The van der Waals surface area contributed by atoms with E-state index < -0.39 is 0 Å². The van der Waals surface area contributed by atoms with E-state index in [9.17, 15) is 5.11 Å². The van der Waals surface area contributed by atoms with Gasteiger partial charge in [0.2, 0.25) is 0 Å². The number of phenols is 1. The molecule has 0 saturated carbocycles. The summed E-state index contributed by atoms with van der Waals surface area (Å²) in [5.41, 5.74) is 3.38. The van der Waals surface area contributed by atoms with Crippen LogP contribution in [0, 0.1) is 0 Å². The number of rotatable bonds is 2. The molecule has 0 aliphatic carbocycles. The van der Waals surface area contributed by atoms with Gasteiger partial charge in [0.15, 0.2) is 0 Å². The third kappa shape index (κ3) is 2.44. The summed E-state index contributed by atoms with van der Waals surface area (Å²) >= 11 is 5.86. The molecule has 0 bridgehead atoms. The van der Waals surface area contributed by atoms with Crippen LogP contribution in [0.5, 0.6) is 5.75 Å². The van der Waals surface area contributed by atoms with Crippen molar-refractivity contribution in [2.45, 2.75) is 0 Å². The van der Waals surface area contributed by atoms with Crippen LogP contribution >= 0.6 is 11.6 Å². The Morgan fingerprint density at radius 2 is 1.95 bits per heavy atom. The topological polar surface area (TPSA) is 61.8 Å². The number of nitrogens with one attached hydrogen (secondary N) is 1. The van der Waals surface area contributed by atoms with Gasteiger partial charge in [-0.1, -0.05) is 23.7 Å². The minimum atomic E-state index is 0.217. The van der Waals surface area contributed by atoms with Crippen LogP contribution in [-0.2, 0) is 0 Å². The van der Waals surface area contributed by atoms with Crippen LogP contribution in [0.4, 0.5) is 0 Å². The summed E-state index contributed by atoms with van der Waals surface area (Å²) < 4.78 is 0. The highest BCUT2D eigenvalue weighted by atomic mass is 35.5. The second-order valence-corrected chi connectivity index (χ2v) is 4.47. The highest BCUT2D eigenvalue weighted by molar-refractivity contribution is 6.29. The Morgan fingerprint density at radius 1 is 1.05 bits per heavy atom. The summed E-state index contributed by atoms with van der Waals surface area (Å²) in [4.78, 5) is 3.94. The van der Waals surface area contributed by atoms with Crippen LogP contribution < -0.4 is 0 Å². The number of aromatic nitrogens is 3. The maximum absolute atomic E-state index is 9.47. The smallest absolute Gasteiger partial charge is 0.129 e. The lowest BCUT2D eigenvalue weighted by Gasteiger charge is -1.97. The molecule has 3 aromatic rings. The van der Waals surface area contributed by atoms with E-state index in [2.05, 4.69) is 15.2 Å². The molecule has 2 N–H and O–H groups in total. The Morgan fingerprint density at radius 3 is 2.74 bits per heavy atom. The number of benzene rings is 1. The Labute approximate surface area is 114 Å². The van der Waals surface area contributed by atoms with E-state index in [0.29, 0.717) is 5.15 Å². The molecule has 5 heteroatoms. The second kappa shape index (κ2) is 4.74. The number of halogens is 1. The molecule has 94 valence electrons. The Hall–Kier alpha value is -2.33. The highest BCUT2D eigenvalue weighted by Gasteiger charge is 2.07. The van der Waals surface area contributed by atoms with E-state index in [4.69, 9.17) is 11.6 Å². The van der Waals surface area contributed by atoms with Crippen molar-refractivity contribution < 1.29 is 5.11 Å². The number of nitrogens with zero attached hydrogens (tertiary/aromatic N) is 2. The number of phenolic OH excluding ortho intramolecular Hbond substituents is 1. The average Bonchev–Trinajstić information content (AvgIpc) is 2.88. The highest BCUT2D eigenvalue weighted by Crippen LogP contribution is 2.26. The third-order valence-corrected chi connectivity index (χ3v) is 2.96. The SMILES string of the molecule is Oc1cccc(-c2cc(-c3ccnc(Cl)c3)[nH]n2)c1. The van der Waals surface area contributed by atoms with Crippen molar-refractivity contribution in [3.8, 4) is 28.3 Å². The van der Waals surface area contributed by atoms with Gasteiger partial charge in [0.1, 0.15) is 10.9 Å². The van der Waals surface area contributed by atoms with Crippen molar-refractivity contribution in [2.24, 2.45) is 0 Å². The molecule has 0 unspecified atom stereocenters. The first-order valence-corrected chi connectivity index (χ1v) is 6.07. The molecule has 3 rings (SSSR count). The predicted molar refractivity (Wildman–Crippen MR) is 73.9 cm³/mol. The van der Waals surface area contributed by atoms with Gasteiger partial charge in [-0.2, -0.15) is 5.10 Å². The van der Waals surface area contributed by atoms with Crippen LogP contribution in [0.2, 0.25) is 5.15 Å². The fraction of sp³-hybridized carbons (Fsp3) is 0. The van der Waals surface area contributed by atoms with Crippen LogP contribution in [0.25, 0.3) is 22.5 Å². The maximum Gasteiger partial charge on any atom is 0.129 e. The van der Waals surface area contributed by atoms with E-state index in [0.717, 1.165) is 22.5 Å². The molecular weight excluding hydrogens is 262 g/mol. The van der Waals surface area contributed by atoms with Crippen LogP contribution in [-0.4, -0.2) is 20.3 Å². The van der Waals surface area contributed by atoms with Crippen molar-refractivity contribution in [3.63, 3.8) is 0 Å². The molecular formula is C14H10ClN3O. The second-order valence-electron chi connectivity index (χ2n) is 4.08. The molecule has 0 aliphatic rings. The molecule has 2 heterocycles. The van der Waals surface area contributed by atoms with Crippen molar-refractivity contribution in [3.05, 3.63) is 53.8 Å². The van der Waals surface area contributed by atoms with Crippen molar-refractivity contribution in [2.75, 3.05) is 0 Å². The van der Waals surface area contributed by atoms with E-state index in [1.54, 1.807) is 30.5 Å². The Kier molecular flexibility index (Phi) is 2.93. The molecule has 0 spiro atoms. The summed E-state index contributed by atoms with van der Waals surface area (Å²) in [5.74, 6) is 0.217. The quantitative estimate of drug-likeness (QED) is 0.701. The van der Waals surface area contributed by atoms with Crippen molar-refractivity contribution >= 4 is 11.6 Å². The first-order valence-electron chi connectivity index (χ1n) is 5.69. The number of hydrogen-bond donors (Lipinski definition) is 2. The van der Waals surface area contributed by atoms with Gasteiger partial charge >= 0.3 is 0 Å². The summed E-state index contributed by atoms with van der Waals surface area (Å²) in [5, 5.41) is 17.1. The fourth-order valence-electron chi connectivity index (χ4n) is 1.85. The Bertz CT molecular complexity index is 664. The summed E-state index contributed by atoms with van der Waals surface area (Å²) in [6.07, 6.45) is 1.65. The molecule has 19 heavy (non-hydrogen) atoms. The first kappa shape index (κ1) is 11.7. The van der Waals surface area contributed by atoms with Gasteiger partial charge < -0.3 is 5.11 Å². The lowest BCUT2D eigenvalue weighted by atomic mass is 10.1. The molecule has 0 fully saturated rings. The van der Waals surface area contributed by atoms with E-state index in [-0.39, 0.29) is 5.75 Å². The number of aromatic amines is 1. The van der Waals surface area contributed by atoms with Gasteiger partial charge in [0, 0.05) is 17.3 Å². The summed E-state index contributed by atoms with van der Waals surface area (Å²) in [7, 11) is 0. The predicted octanol–water partition coefficient (Wildman–Crippen LogP) is 3.50. The van der Waals surface area contributed by atoms with Crippen LogP contribution in [0.15, 0.2) is 48.7 Å². The monoisotopic (exact) mass is 271 g/mol. The zero-order valence-electron chi connectivity index (χ0n) is 9.84. The molecule has 0 saturated heterocycles. The number of hydrogen-bond acceptors (Lipinski definition) is 3. The van der Waals surface area contributed by atoms with E-state index in [1.807, 2.05) is 18.2 Å². The average molecular weight is 272 g/mol. The third-order valence-electron chi connectivity index (χ3n) is 2.76. The number of H-pyrrole nitrogens is 1. The zero-order valence-corrected chi connectivity index (χ0v) is 10.6. The molecule has 0 atom stereocenters. The molecule has 0 aliphatic heterocycles. The van der Waals surface area contributed by atoms with Crippen molar-refractivity contribution in [1.29, 1.82) is 0 Å². The van der Waals surface area contributed by atoms with E-state index in [1.165, 1.54) is 0 Å². The van der Waals surface area contributed by atoms with Gasteiger partial charge in [0.05, 0.1) is 11.4 Å². The Balaban J connectivity index is 2.00. The molecule has 4 nitrogen and oxygen atoms in total. The summed E-state index contributed by atoms with van der Waals surface area (Å²) in [6.45, 7) is 0. The van der Waals surface area contributed by atoms with Crippen LogP contribution in [0.3, 0.4) is 0 Å². The fourth-order valence-corrected chi connectivity index (χ4v) is 2.03. The van der Waals surface area contributed by atoms with Gasteiger partial charge in [-0.05, 0) is 30.3 Å². The molecule has 0 amide bonds. The number of aromatic hydroxyl groups is 1. The normalized spacial score (nSPS) is 10.6. The van der Waals surface area contributed by atoms with E-state index >= 15 is 0 Å². The minimum absolute atomic E-state index is 0.217. The largest absolute Gasteiger partial charge is 0.508 e. The maximum atomic E-state index is 9.47. The molecule has 0 radical (unpaired) electrons. The van der Waals surface area contributed by atoms with Crippen LogP contribution in [0.1, 0.15) is 0 Å². The standard InChI is InChI=1S/C14H10ClN3O/c15-14-7-10(4-5-16-14)13-8-12(17-18-13)9-2-1-3-11(19)6-9/h1-8,19H,(H,17,18). The first-order chi connectivity index (χ1) is 9.22. The zero-order chi connectivity index (χ0) is 13.2.